The van der Waals surface area contributed by atoms with Crippen LogP contribution in [0.4, 0.5) is 11.4 Å². The molecule has 3 aromatic carbocycles. The molecular formula is C25H27N3O2. The van der Waals surface area contributed by atoms with E-state index in [0.29, 0.717) is 5.75 Å². The number of nitrogens with one attached hydrogen (secondary N) is 1. The maximum absolute atomic E-state index is 13.0. The van der Waals surface area contributed by atoms with E-state index in [-0.39, 0.29) is 11.9 Å². The SMILES string of the molecule is C[C@H](C(=O)Nc1ccccc1-c1ccccc1)N1CCN(c2ccccc2O)CC1. The minimum atomic E-state index is -0.236. The Morgan fingerprint density at radius 2 is 1.50 bits per heavy atom. The average Bonchev–Trinajstić information content (AvgIpc) is 2.80. The molecule has 4 rings (SSSR count). The maximum atomic E-state index is 13.0. The van der Waals surface area contributed by atoms with Gasteiger partial charge in [0.1, 0.15) is 5.75 Å². The number of hydrogen-bond acceptors (Lipinski definition) is 4. The first kappa shape index (κ1) is 20.0. The van der Waals surface area contributed by atoms with Gasteiger partial charge < -0.3 is 15.3 Å². The van der Waals surface area contributed by atoms with E-state index in [0.717, 1.165) is 48.7 Å². The van der Waals surface area contributed by atoms with E-state index in [4.69, 9.17) is 0 Å². The van der Waals surface area contributed by atoms with Crippen molar-refractivity contribution in [3.63, 3.8) is 0 Å². The number of phenols is 1. The third kappa shape index (κ3) is 4.31. The average molecular weight is 402 g/mol. The van der Waals surface area contributed by atoms with E-state index in [9.17, 15) is 9.90 Å². The van der Waals surface area contributed by atoms with Gasteiger partial charge in [-0.15, -0.1) is 0 Å². The van der Waals surface area contributed by atoms with Crippen molar-refractivity contribution < 1.29 is 9.90 Å². The largest absolute Gasteiger partial charge is 0.506 e. The molecule has 1 saturated heterocycles. The van der Waals surface area contributed by atoms with Gasteiger partial charge in [0.2, 0.25) is 5.91 Å². The molecule has 0 bridgehead atoms. The van der Waals surface area contributed by atoms with Crippen LogP contribution in [0.1, 0.15) is 6.92 Å². The number of piperazine rings is 1. The summed E-state index contributed by atoms with van der Waals surface area (Å²) in [5, 5.41) is 13.2. The maximum Gasteiger partial charge on any atom is 0.241 e. The van der Waals surface area contributed by atoms with Gasteiger partial charge in [-0.1, -0.05) is 60.7 Å². The monoisotopic (exact) mass is 401 g/mol. The molecule has 1 atom stereocenters. The van der Waals surface area contributed by atoms with Crippen LogP contribution in [0, 0.1) is 0 Å². The number of benzene rings is 3. The number of rotatable bonds is 5. The van der Waals surface area contributed by atoms with Crippen molar-refractivity contribution in [3.05, 3.63) is 78.9 Å². The standard InChI is InChI=1S/C25H27N3O2/c1-19(27-15-17-28(18-16-27)23-13-7-8-14-24(23)29)25(30)26-22-12-6-5-11-21(22)20-9-3-2-4-10-20/h2-14,19,29H,15-18H2,1H3,(H,26,30)/t19-/m1/s1. The van der Waals surface area contributed by atoms with Crippen LogP contribution in [0.25, 0.3) is 11.1 Å². The molecule has 1 amide bonds. The summed E-state index contributed by atoms with van der Waals surface area (Å²) in [5.41, 5.74) is 3.78. The van der Waals surface area contributed by atoms with Gasteiger partial charge in [-0.3, -0.25) is 9.69 Å². The Morgan fingerprint density at radius 3 is 2.23 bits per heavy atom. The highest BCUT2D eigenvalue weighted by Crippen LogP contribution is 2.29. The summed E-state index contributed by atoms with van der Waals surface area (Å²) >= 11 is 0. The second-order valence-electron chi connectivity index (χ2n) is 7.59. The summed E-state index contributed by atoms with van der Waals surface area (Å²) in [6, 6.07) is 25.2. The highest BCUT2D eigenvalue weighted by molar-refractivity contribution is 5.98. The molecule has 30 heavy (non-hydrogen) atoms. The Morgan fingerprint density at radius 1 is 0.867 bits per heavy atom. The molecule has 154 valence electrons. The lowest BCUT2D eigenvalue weighted by Gasteiger charge is -2.38. The molecule has 5 nitrogen and oxygen atoms in total. The summed E-state index contributed by atoms with van der Waals surface area (Å²) < 4.78 is 0. The molecule has 0 aromatic heterocycles. The summed E-state index contributed by atoms with van der Waals surface area (Å²) in [7, 11) is 0. The minimum absolute atomic E-state index is 0.00519. The number of para-hydroxylation sites is 3. The number of aromatic hydroxyl groups is 1. The van der Waals surface area contributed by atoms with Gasteiger partial charge in [-0.05, 0) is 30.7 Å². The van der Waals surface area contributed by atoms with Crippen molar-refractivity contribution in [1.82, 2.24) is 4.90 Å². The fourth-order valence-corrected chi connectivity index (χ4v) is 3.95. The molecule has 3 aromatic rings. The van der Waals surface area contributed by atoms with Gasteiger partial charge in [0.15, 0.2) is 0 Å². The first-order chi connectivity index (χ1) is 14.6. The van der Waals surface area contributed by atoms with Gasteiger partial charge in [-0.25, -0.2) is 0 Å². The predicted octanol–water partition coefficient (Wildman–Crippen LogP) is 4.21. The van der Waals surface area contributed by atoms with Crippen molar-refractivity contribution in [2.24, 2.45) is 0 Å². The molecule has 2 N–H and O–H groups in total. The van der Waals surface area contributed by atoms with Crippen LogP contribution >= 0.6 is 0 Å². The lowest BCUT2D eigenvalue weighted by atomic mass is 10.0. The van der Waals surface area contributed by atoms with Gasteiger partial charge in [0.05, 0.1) is 11.7 Å². The Bertz CT molecular complexity index is 998. The summed E-state index contributed by atoms with van der Waals surface area (Å²) in [5.74, 6) is 0.295. The smallest absolute Gasteiger partial charge is 0.241 e. The normalized spacial score (nSPS) is 15.6. The first-order valence-electron chi connectivity index (χ1n) is 10.4. The number of anilines is 2. The van der Waals surface area contributed by atoms with Crippen LogP contribution in [0.5, 0.6) is 5.75 Å². The van der Waals surface area contributed by atoms with E-state index < -0.39 is 0 Å². The zero-order valence-electron chi connectivity index (χ0n) is 17.2. The van der Waals surface area contributed by atoms with Crippen LogP contribution < -0.4 is 10.2 Å². The van der Waals surface area contributed by atoms with Crippen molar-refractivity contribution in [2.75, 3.05) is 36.4 Å². The fourth-order valence-electron chi connectivity index (χ4n) is 3.95. The van der Waals surface area contributed by atoms with Gasteiger partial charge in [0.25, 0.3) is 0 Å². The first-order valence-corrected chi connectivity index (χ1v) is 10.4. The summed E-state index contributed by atoms with van der Waals surface area (Å²) in [4.78, 5) is 17.4. The predicted molar refractivity (Wildman–Crippen MR) is 122 cm³/mol. The van der Waals surface area contributed by atoms with Gasteiger partial charge in [0, 0.05) is 37.4 Å². The van der Waals surface area contributed by atoms with Crippen LogP contribution in [-0.4, -0.2) is 48.1 Å². The Labute approximate surface area is 177 Å². The summed E-state index contributed by atoms with van der Waals surface area (Å²) in [6.45, 7) is 5.04. The van der Waals surface area contributed by atoms with Gasteiger partial charge >= 0.3 is 0 Å². The second-order valence-corrected chi connectivity index (χ2v) is 7.59. The third-order valence-corrected chi connectivity index (χ3v) is 5.73. The Hall–Kier alpha value is -3.31. The van der Waals surface area contributed by atoms with Crippen LogP contribution in [0.3, 0.4) is 0 Å². The van der Waals surface area contributed by atoms with E-state index in [1.165, 1.54) is 0 Å². The lowest BCUT2D eigenvalue weighted by molar-refractivity contribution is -0.120. The molecule has 1 heterocycles. The molecule has 0 spiro atoms. The highest BCUT2D eigenvalue weighted by atomic mass is 16.3. The van der Waals surface area contributed by atoms with E-state index in [1.807, 2.05) is 79.7 Å². The number of carbonyl (C=O) groups is 1. The zero-order valence-corrected chi connectivity index (χ0v) is 17.2. The zero-order chi connectivity index (χ0) is 20.9. The topological polar surface area (TPSA) is 55.8 Å². The van der Waals surface area contributed by atoms with E-state index >= 15 is 0 Å². The lowest BCUT2D eigenvalue weighted by Crippen LogP contribution is -2.52. The molecule has 5 heteroatoms. The Kier molecular flexibility index (Phi) is 6.00. The van der Waals surface area contributed by atoms with E-state index in [2.05, 4.69) is 15.1 Å². The van der Waals surface area contributed by atoms with Crippen molar-refractivity contribution in [3.8, 4) is 16.9 Å². The third-order valence-electron chi connectivity index (χ3n) is 5.73. The molecular weight excluding hydrogens is 374 g/mol. The van der Waals surface area contributed by atoms with Crippen LogP contribution in [-0.2, 0) is 4.79 Å². The number of nitrogens with zero attached hydrogens (tertiary/aromatic N) is 2. The van der Waals surface area contributed by atoms with Crippen molar-refractivity contribution in [1.29, 1.82) is 0 Å². The number of carbonyl (C=O) groups excluding carboxylic acids is 1. The molecule has 0 aliphatic carbocycles. The minimum Gasteiger partial charge on any atom is -0.506 e. The van der Waals surface area contributed by atoms with Crippen molar-refractivity contribution >= 4 is 17.3 Å². The molecule has 0 saturated carbocycles. The molecule has 1 aliphatic heterocycles. The summed E-state index contributed by atoms with van der Waals surface area (Å²) in [6.07, 6.45) is 0. The van der Waals surface area contributed by atoms with E-state index in [1.54, 1.807) is 6.07 Å². The van der Waals surface area contributed by atoms with Gasteiger partial charge in [-0.2, -0.15) is 0 Å². The van der Waals surface area contributed by atoms with Crippen molar-refractivity contribution in [2.45, 2.75) is 13.0 Å². The fraction of sp³-hybridized carbons (Fsp3) is 0.240. The van der Waals surface area contributed by atoms with Crippen LogP contribution in [0.2, 0.25) is 0 Å². The molecule has 1 aliphatic rings. The number of phenolic OH excluding ortho intramolecular Hbond substituents is 1. The number of amides is 1. The second kappa shape index (κ2) is 9.01. The number of hydrogen-bond donors (Lipinski definition) is 2. The van der Waals surface area contributed by atoms with Crippen LogP contribution in [0.15, 0.2) is 78.9 Å². The quantitative estimate of drug-likeness (QED) is 0.673. The Balaban J connectivity index is 1.40. The highest BCUT2D eigenvalue weighted by Gasteiger charge is 2.26. The molecule has 0 radical (unpaired) electrons. The molecule has 0 unspecified atom stereocenters. The molecule has 1 fully saturated rings.